The maximum atomic E-state index is 13.8. The van der Waals surface area contributed by atoms with Gasteiger partial charge in [0.05, 0.1) is 11.3 Å². The molecule has 0 aliphatic heterocycles. The van der Waals surface area contributed by atoms with E-state index in [1.807, 2.05) is 20.8 Å². The molecule has 0 bridgehead atoms. The van der Waals surface area contributed by atoms with Crippen molar-refractivity contribution < 1.29 is 14.3 Å². The van der Waals surface area contributed by atoms with Crippen LogP contribution in [-0.4, -0.2) is 24.7 Å². The molecule has 0 heterocycles. The maximum Gasteiger partial charge on any atom is 0.337 e. The SMILES string of the molecule is CN(CC(C)(C)C)c1cc(C(=O)O)c(N)cc1F. The number of nitrogen functional groups attached to an aromatic ring is 1. The van der Waals surface area contributed by atoms with Crippen LogP contribution in [0.1, 0.15) is 31.1 Å². The average molecular weight is 254 g/mol. The van der Waals surface area contributed by atoms with Gasteiger partial charge in [-0.1, -0.05) is 20.8 Å². The second kappa shape index (κ2) is 4.84. The van der Waals surface area contributed by atoms with E-state index < -0.39 is 11.8 Å². The van der Waals surface area contributed by atoms with Gasteiger partial charge < -0.3 is 15.7 Å². The standard InChI is InChI=1S/C13H19FN2O2/c1-13(2,3)7-16(4)11-5-8(12(17)18)10(15)6-9(11)14/h5-6H,7,15H2,1-4H3,(H,17,18). The number of anilines is 2. The van der Waals surface area contributed by atoms with Gasteiger partial charge in [-0.2, -0.15) is 0 Å². The van der Waals surface area contributed by atoms with Crippen LogP contribution in [0.2, 0.25) is 0 Å². The Hall–Kier alpha value is -1.78. The minimum atomic E-state index is -1.15. The smallest absolute Gasteiger partial charge is 0.337 e. The number of hydrogen-bond acceptors (Lipinski definition) is 3. The minimum absolute atomic E-state index is 0.0219. The summed E-state index contributed by atoms with van der Waals surface area (Å²) in [6.07, 6.45) is 0. The van der Waals surface area contributed by atoms with E-state index in [2.05, 4.69) is 0 Å². The molecule has 0 radical (unpaired) electrons. The Morgan fingerprint density at radius 1 is 1.44 bits per heavy atom. The Morgan fingerprint density at radius 3 is 2.44 bits per heavy atom. The van der Waals surface area contributed by atoms with E-state index in [9.17, 15) is 9.18 Å². The topological polar surface area (TPSA) is 66.6 Å². The first-order chi connectivity index (χ1) is 8.11. The van der Waals surface area contributed by atoms with Gasteiger partial charge in [0.2, 0.25) is 0 Å². The van der Waals surface area contributed by atoms with E-state index in [0.717, 1.165) is 6.07 Å². The molecule has 0 saturated carbocycles. The highest BCUT2D eigenvalue weighted by molar-refractivity contribution is 5.95. The van der Waals surface area contributed by atoms with Gasteiger partial charge in [0.25, 0.3) is 0 Å². The van der Waals surface area contributed by atoms with Crippen LogP contribution in [0.3, 0.4) is 0 Å². The molecule has 0 aliphatic rings. The highest BCUT2D eigenvalue weighted by Gasteiger charge is 2.19. The molecule has 1 aromatic rings. The van der Waals surface area contributed by atoms with Gasteiger partial charge in [0.1, 0.15) is 5.82 Å². The quantitative estimate of drug-likeness (QED) is 0.814. The first-order valence-corrected chi connectivity index (χ1v) is 5.65. The molecule has 0 unspecified atom stereocenters. The van der Waals surface area contributed by atoms with Crippen molar-refractivity contribution in [2.24, 2.45) is 5.41 Å². The third-order valence-electron chi connectivity index (χ3n) is 2.47. The van der Waals surface area contributed by atoms with Crippen LogP contribution in [0.25, 0.3) is 0 Å². The molecule has 0 saturated heterocycles. The Kier molecular flexibility index (Phi) is 3.84. The summed E-state index contributed by atoms with van der Waals surface area (Å²) in [5.74, 6) is -1.66. The van der Waals surface area contributed by atoms with Gasteiger partial charge in [0, 0.05) is 19.3 Å². The molecule has 3 N–H and O–H groups in total. The number of rotatable bonds is 3. The van der Waals surface area contributed by atoms with Gasteiger partial charge in [-0.3, -0.25) is 0 Å². The second-order valence-electron chi connectivity index (χ2n) is 5.61. The zero-order valence-corrected chi connectivity index (χ0v) is 11.1. The molecule has 0 aromatic heterocycles. The summed E-state index contributed by atoms with van der Waals surface area (Å²) in [5, 5.41) is 8.97. The van der Waals surface area contributed by atoms with Crippen LogP contribution in [0.5, 0.6) is 0 Å². The number of carbonyl (C=O) groups is 1. The van der Waals surface area contributed by atoms with Crippen molar-refractivity contribution in [2.45, 2.75) is 20.8 Å². The molecule has 0 spiro atoms. The van der Waals surface area contributed by atoms with E-state index in [1.165, 1.54) is 6.07 Å². The van der Waals surface area contributed by atoms with Crippen molar-refractivity contribution in [2.75, 3.05) is 24.2 Å². The van der Waals surface area contributed by atoms with Crippen LogP contribution in [0, 0.1) is 11.2 Å². The lowest BCUT2D eigenvalue weighted by atomic mass is 9.96. The molecule has 18 heavy (non-hydrogen) atoms. The molecule has 4 nitrogen and oxygen atoms in total. The Morgan fingerprint density at radius 2 is 2.00 bits per heavy atom. The van der Waals surface area contributed by atoms with Crippen LogP contribution in [0.15, 0.2) is 12.1 Å². The number of carboxylic acid groups (broad SMARTS) is 1. The summed E-state index contributed by atoms with van der Waals surface area (Å²) in [6, 6.07) is 2.33. The van der Waals surface area contributed by atoms with Crippen molar-refractivity contribution in [3.63, 3.8) is 0 Å². The lowest BCUT2D eigenvalue weighted by molar-refractivity contribution is 0.0698. The van der Waals surface area contributed by atoms with Crippen LogP contribution in [-0.2, 0) is 0 Å². The van der Waals surface area contributed by atoms with E-state index in [0.29, 0.717) is 6.54 Å². The molecular formula is C13H19FN2O2. The van der Waals surface area contributed by atoms with Crippen molar-refractivity contribution in [3.05, 3.63) is 23.5 Å². The molecule has 0 atom stereocenters. The fourth-order valence-electron chi connectivity index (χ4n) is 1.85. The van der Waals surface area contributed by atoms with Crippen LogP contribution >= 0.6 is 0 Å². The first kappa shape index (κ1) is 14.3. The molecule has 100 valence electrons. The van der Waals surface area contributed by atoms with Gasteiger partial charge in [-0.15, -0.1) is 0 Å². The number of nitrogens with zero attached hydrogens (tertiary/aromatic N) is 1. The fraction of sp³-hybridized carbons (Fsp3) is 0.462. The van der Waals surface area contributed by atoms with Crippen molar-refractivity contribution in [3.8, 4) is 0 Å². The molecule has 0 aliphatic carbocycles. The summed E-state index contributed by atoms with van der Waals surface area (Å²) in [4.78, 5) is 12.7. The molecular weight excluding hydrogens is 235 g/mol. The first-order valence-electron chi connectivity index (χ1n) is 5.65. The highest BCUT2D eigenvalue weighted by Crippen LogP contribution is 2.27. The number of aromatic carboxylic acids is 1. The van der Waals surface area contributed by atoms with E-state index >= 15 is 0 Å². The third-order valence-corrected chi connectivity index (χ3v) is 2.47. The van der Waals surface area contributed by atoms with Crippen molar-refractivity contribution >= 4 is 17.3 Å². The number of nitrogens with two attached hydrogens (primary N) is 1. The minimum Gasteiger partial charge on any atom is -0.478 e. The number of benzene rings is 1. The normalized spacial score (nSPS) is 11.4. The molecule has 1 aromatic carbocycles. The molecule has 1 rings (SSSR count). The largest absolute Gasteiger partial charge is 0.478 e. The predicted octanol–water partition coefficient (Wildman–Crippen LogP) is 2.59. The van der Waals surface area contributed by atoms with Crippen LogP contribution < -0.4 is 10.6 Å². The molecule has 0 fully saturated rings. The lowest BCUT2D eigenvalue weighted by Gasteiger charge is -2.28. The summed E-state index contributed by atoms with van der Waals surface area (Å²) in [5.41, 5.74) is 5.57. The number of halogens is 1. The molecule has 5 heteroatoms. The summed E-state index contributed by atoms with van der Waals surface area (Å²) < 4.78 is 13.8. The lowest BCUT2D eigenvalue weighted by Crippen LogP contribution is -2.30. The van der Waals surface area contributed by atoms with E-state index in [4.69, 9.17) is 10.8 Å². The zero-order chi connectivity index (χ0) is 14.1. The van der Waals surface area contributed by atoms with Gasteiger partial charge in [-0.25, -0.2) is 9.18 Å². The van der Waals surface area contributed by atoms with Crippen molar-refractivity contribution in [1.29, 1.82) is 0 Å². The number of carboxylic acids is 1. The Balaban J connectivity index is 3.16. The predicted molar refractivity (Wildman–Crippen MR) is 70.5 cm³/mol. The fourth-order valence-corrected chi connectivity index (χ4v) is 1.85. The molecule has 0 amide bonds. The Bertz CT molecular complexity index is 467. The van der Waals surface area contributed by atoms with Crippen molar-refractivity contribution in [1.82, 2.24) is 0 Å². The number of hydrogen-bond donors (Lipinski definition) is 2. The zero-order valence-electron chi connectivity index (χ0n) is 11.1. The van der Waals surface area contributed by atoms with Gasteiger partial charge in [-0.05, 0) is 17.5 Å². The van der Waals surface area contributed by atoms with Gasteiger partial charge >= 0.3 is 5.97 Å². The monoisotopic (exact) mass is 254 g/mol. The Labute approximate surface area is 106 Å². The summed E-state index contributed by atoms with van der Waals surface area (Å²) in [6.45, 7) is 6.68. The van der Waals surface area contributed by atoms with E-state index in [-0.39, 0.29) is 22.4 Å². The maximum absolute atomic E-state index is 13.8. The highest BCUT2D eigenvalue weighted by atomic mass is 19.1. The average Bonchev–Trinajstić information content (AvgIpc) is 2.13. The summed E-state index contributed by atoms with van der Waals surface area (Å²) in [7, 11) is 1.73. The van der Waals surface area contributed by atoms with Gasteiger partial charge in [0.15, 0.2) is 0 Å². The van der Waals surface area contributed by atoms with Crippen LogP contribution in [0.4, 0.5) is 15.8 Å². The third kappa shape index (κ3) is 3.35. The second-order valence-corrected chi connectivity index (χ2v) is 5.61. The van der Waals surface area contributed by atoms with E-state index in [1.54, 1.807) is 11.9 Å². The summed E-state index contributed by atoms with van der Waals surface area (Å²) >= 11 is 0.